The van der Waals surface area contributed by atoms with Crippen LogP contribution in [-0.4, -0.2) is 21.7 Å². The zero-order chi connectivity index (χ0) is 10.1. The first-order chi connectivity index (χ1) is 5.94. The summed E-state index contributed by atoms with van der Waals surface area (Å²) in [6.45, 7) is 1.25. The highest BCUT2D eigenvalue weighted by atomic mass is 79.9. The van der Waals surface area contributed by atoms with Gasteiger partial charge < -0.3 is 9.84 Å². The number of halogens is 2. The highest BCUT2D eigenvalue weighted by Gasteiger charge is 2.36. The van der Waals surface area contributed by atoms with Crippen LogP contribution in [0.15, 0.2) is 22.7 Å². The van der Waals surface area contributed by atoms with Crippen LogP contribution in [0.3, 0.4) is 0 Å². The second kappa shape index (κ2) is 3.94. The van der Waals surface area contributed by atoms with Gasteiger partial charge in [0.1, 0.15) is 4.83 Å². The van der Waals surface area contributed by atoms with E-state index in [9.17, 15) is 9.90 Å². The largest absolute Gasteiger partial charge is 0.428 e. The Balaban J connectivity index is 2.82. The maximum Gasteiger partial charge on any atom is 0.305 e. The van der Waals surface area contributed by atoms with Gasteiger partial charge >= 0.3 is 5.97 Å². The van der Waals surface area contributed by atoms with E-state index in [4.69, 9.17) is 4.74 Å². The second-order valence-corrected chi connectivity index (χ2v) is 4.53. The van der Waals surface area contributed by atoms with Gasteiger partial charge in [0.15, 0.2) is 0 Å². The van der Waals surface area contributed by atoms with E-state index in [0.717, 1.165) is 4.48 Å². The molecule has 0 saturated carbocycles. The highest BCUT2D eigenvalue weighted by Crippen LogP contribution is 2.30. The molecule has 0 radical (unpaired) electrons. The van der Waals surface area contributed by atoms with Crippen molar-refractivity contribution < 1.29 is 14.6 Å². The zero-order valence-electron chi connectivity index (χ0n) is 6.83. The summed E-state index contributed by atoms with van der Waals surface area (Å²) in [6, 6.07) is 0. The van der Waals surface area contributed by atoms with E-state index >= 15 is 0 Å². The first-order valence-corrected chi connectivity index (χ1v) is 5.27. The third-order valence-electron chi connectivity index (χ3n) is 1.49. The average Bonchev–Trinajstić information content (AvgIpc) is 1.97. The zero-order valence-corrected chi connectivity index (χ0v) is 10.0. The van der Waals surface area contributed by atoms with Gasteiger partial charge in [-0.1, -0.05) is 31.9 Å². The Labute approximate surface area is 92.7 Å². The molecule has 0 amide bonds. The SMILES string of the molecule is CC(=O)O[C@]1(O)C=CC(Br)=C[C@@H]1Br. The fourth-order valence-electron chi connectivity index (χ4n) is 0.926. The molecule has 0 unspecified atom stereocenters. The number of hydrogen-bond donors (Lipinski definition) is 1. The maximum absolute atomic E-state index is 10.7. The van der Waals surface area contributed by atoms with Crippen LogP contribution in [0.4, 0.5) is 0 Å². The number of carbonyl (C=O) groups is 1. The molecule has 0 fully saturated rings. The highest BCUT2D eigenvalue weighted by molar-refractivity contribution is 9.12. The molecule has 72 valence electrons. The van der Waals surface area contributed by atoms with E-state index in [1.807, 2.05) is 0 Å². The van der Waals surface area contributed by atoms with Gasteiger partial charge in [-0.05, 0) is 18.2 Å². The van der Waals surface area contributed by atoms with Crippen molar-refractivity contribution in [3.63, 3.8) is 0 Å². The topological polar surface area (TPSA) is 46.5 Å². The van der Waals surface area contributed by atoms with Crippen molar-refractivity contribution in [3.8, 4) is 0 Å². The lowest BCUT2D eigenvalue weighted by Crippen LogP contribution is -2.41. The summed E-state index contributed by atoms with van der Waals surface area (Å²) in [6.07, 6.45) is 4.74. The average molecular weight is 312 g/mol. The van der Waals surface area contributed by atoms with Gasteiger partial charge in [0.2, 0.25) is 5.79 Å². The van der Waals surface area contributed by atoms with Crippen LogP contribution in [0.5, 0.6) is 0 Å². The number of rotatable bonds is 1. The van der Waals surface area contributed by atoms with E-state index in [0.29, 0.717) is 0 Å². The van der Waals surface area contributed by atoms with E-state index in [-0.39, 0.29) is 0 Å². The van der Waals surface area contributed by atoms with Gasteiger partial charge in [-0.3, -0.25) is 4.79 Å². The van der Waals surface area contributed by atoms with E-state index in [1.165, 1.54) is 13.0 Å². The lowest BCUT2D eigenvalue weighted by Gasteiger charge is -2.29. The number of esters is 1. The van der Waals surface area contributed by atoms with Crippen LogP contribution in [0.2, 0.25) is 0 Å². The Hall–Kier alpha value is -0.130. The first kappa shape index (κ1) is 10.9. The summed E-state index contributed by atoms with van der Waals surface area (Å²) in [7, 11) is 0. The lowest BCUT2D eigenvalue weighted by atomic mass is 10.1. The van der Waals surface area contributed by atoms with Crippen molar-refractivity contribution in [1.82, 2.24) is 0 Å². The molecule has 1 rings (SSSR count). The fourth-order valence-corrected chi connectivity index (χ4v) is 2.21. The van der Waals surface area contributed by atoms with Gasteiger partial charge in [-0.2, -0.15) is 0 Å². The number of hydrogen-bond acceptors (Lipinski definition) is 3. The lowest BCUT2D eigenvalue weighted by molar-refractivity contribution is -0.184. The molecule has 13 heavy (non-hydrogen) atoms. The van der Waals surface area contributed by atoms with Gasteiger partial charge in [0.05, 0.1) is 0 Å². The molecule has 0 aromatic carbocycles. The Morgan fingerprint density at radius 2 is 2.38 bits per heavy atom. The van der Waals surface area contributed by atoms with Crippen LogP contribution in [-0.2, 0) is 9.53 Å². The predicted octanol–water partition coefficient (Wildman–Crippen LogP) is 1.85. The smallest absolute Gasteiger partial charge is 0.305 e. The van der Waals surface area contributed by atoms with Crippen molar-refractivity contribution in [3.05, 3.63) is 22.7 Å². The Morgan fingerprint density at radius 1 is 1.77 bits per heavy atom. The minimum Gasteiger partial charge on any atom is -0.428 e. The standard InChI is InChI=1S/C8H8Br2O3/c1-5(11)13-8(12)3-2-6(9)4-7(8)10/h2-4,7,12H,1H3/t7-,8+/m0/s1. The molecule has 1 aliphatic carbocycles. The summed E-state index contributed by atoms with van der Waals surface area (Å²) in [5.41, 5.74) is 0. The second-order valence-electron chi connectivity index (χ2n) is 2.63. The maximum atomic E-state index is 10.7. The molecule has 0 aromatic rings. The van der Waals surface area contributed by atoms with Crippen molar-refractivity contribution in [1.29, 1.82) is 0 Å². The molecule has 2 atom stereocenters. The van der Waals surface area contributed by atoms with Crippen LogP contribution < -0.4 is 0 Å². The number of aliphatic hydroxyl groups is 1. The number of carbonyl (C=O) groups excluding carboxylic acids is 1. The number of allylic oxidation sites excluding steroid dienone is 2. The number of alkyl halides is 1. The quantitative estimate of drug-likeness (QED) is 0.457. The molecule has 1 aliphatic rings. The van der Waals surface area contributed by atoms with Crippen LogP contribution in [0.1, 0.15) is 6.92 Å². The monoisotopic (exact) mass is 310 g/mol. The minimum atomic E-state index is -1.58. The molecule has 0 saturated heterocycles. The molecular weight excluding hydrogens is 304 g/mol. The van der Waals surface area contributed by atoms with E-state index in [1.54, 1.807) is 12.2 Å². The summed E-state index contributed by atoms with van der Waals surface area (Å²) in [5, 5.41) is 9.79. The van der Waals surface area contributed by atoms with Gasteiger partial charge in [-0.25, -0.2) is 0 Å². The van der Waals surface area contributed by atoms with Crippen molar-refractivity contribution >= 4 is 37.8 Å². The third kappa shape index (κ3) is 2.65. The number of ether oxygens (including phenoxy) is 1. The fraction of sp³-hybridized carbons (Fsp3) is 0.375. The van der Waals surface area contributed by atoms with Crippen molar-refractivity contribution in [2.24, 2.45) is 0 Å². The van der Waals surface area contributed by atoms with Gasteiger partial charge in [-0.15, -0.1) is 0 Å². The van der Waals surface area contributed by atoms with Gasteiger partial charge in [0, 0.05) is 11.4 Å². The molecule has 1 N–H and O–H groups in total. The molecular formula is C8H8Br2O3. The summed E-state index contributed by atoms with van der Waals surface area (Å²) in [4.78, 5) is 10.2. The van der Waals surface area contributed by atoms with Crippen LogP contribution in [0, 0.1) is 0 Å². The molecule has 0 bridgehead atoms. The minimum absolute atomic E-state index is 0.441. The Bertz CT molecular complexity index is 285. The molecule has 0 aromatic heterocycles. The first-order valence-electron chi connectivity index (χ1n) is 3.56. The summed E-state index contributed by atoms with van der Waals surface area (Å²) < 4.78 is 5.58. The molecule has 3 nitrogen and oxygen atoms in total. The summed E-state index contributed by atoms with van der Waals surface area (Å²) >= 11 is 6.43. The summed E-state index contributed by atoms with van der Waals surface area (Å²) in [5.74, 6) is -2.11. The van der Waals surface area contributed by atoms with Gasteiger partial charge in [0.25, 0.3) is 0 Å². The Morgan fingerprint density at radius 3 is 2.85 bits per heavy atom. The van der Waals surface area contributed by atoms with E-state index < -0.39 is 16.6 Å². The molecule has 0 aliphatic heterocycles. The molecule has 0 spiro atoms. The van der Waals surface area contributed by atoms with Crippen LogP contribution >= 0.6 is 31.9 Å². The van der Waals surface area contributed by atoms with Crippen molar-refractivity contribution in [2.45, 2.75) is 17.5 Å². The molecule has 5 heteroatoms. The normalized spacial score (nSPS) is 32.6. The van der Waals surface area contributed by atoms with Crippen molar-refractivity contribution in [2.75, 3.05) is 0 Å². The third-order valence-corrected chi connectivity index (χ3v) is 2.94. The predicted molar refractivity (Wildman–Crippen MR) is 55.6 cm³/mol. The Kier molecular flexibility index (Phi) is 3.32. The van der Waals surface area contributed by atoms with E-state index in [2.05, 4.69) is 31.9 Å². The molecule has 0 heterocycles. The van der Waals surface area contributed by atoms with Crippen LogP contribution in [0.25, 0.3) is 0 Å².